The van der Waals surface area contributed by atoms with E-state index in [0.29, 0.717) is 6.54 Å². The Morgan fingerprint density at radius 1 is 1.19 bits per heavy atom. The highest BCUT2D eigenvalue weighted by molar-refractivity contribution is 6.31. The van der Waals surface area contributed by atoms with Gasteiger partial charge in [-0.3, -0.25) is 0 Å². The number of rotatable bonds is 3. The summed E-state index contributed by atoms with van der Waals surface area (Å²) >= 11 is 6.12. The maximum atomic E-state index is 6.12. The molecule has 0 spiro atoms. The molecule has 0 aliphatic rings. The number of hydrogen-bond donors (Lipinski definition) is 1. The second-order valence-electron chi connectivity index (χ2n) is 5.34. The summed E-state index contributed by atoms with van der Waals surface area (Å²) in [5, 5.41) is 0.777. The predicted molar refractivity (Wildman–Crippen MR) is 87.9 cm³/mol. The molecule has 0 radical (unpaired) electrons. The summed E-state index contributed by atoms with van der Waals surface area (Å²) in [6, 6.07) is 10.1. The van der Waals surface area contributed by atoms with Gasteiger partial charge in [-0.1, -0.05) is 23.7 Å². The first-order chi connectivity index (χ1) is 10.1. The van der Waals surface area contributed by atoms with Crippen LogP contribution < -0.4 is 5.73 Å². The Labute approximate surface area is 129 Å². The van der Waals surface area contributed by atoms with E-state index in [4.69, 9.17) is 22.3 Å². The first-order valence-electron chi connectivity index (χ1n) is 7.04. The van der Waals surface area contributed by atoms with E-state index in [2.05, 4.69) is 29.7 Å². The third kappa shape index (κ3) is 2.55. The summed E-state index contributed by atoms with van der Waals surface area (Å²) < 4.78 is 2.14. The minimum atomic E-state index is 0.599. The zero-order valence-electron chi connectivity index (χ0n) is 12.2. The predicted octanol–water partition coefficient (Wildman–Crippen LogP) is 3.77. The molecule has 0 fully saturated rings. The van der Waals surface area contributed by atoms with E-state index in [1.165, 1.54) is 5.56 Å². The van der Waals surface area contributed by atoms with Crippen LogP contribution in [-0.2, 0) is 6.42 Å². The number of nitrogens with zero attached hydrogens (tertiary/aromatic N) is 2. The molecular formula is C17H18ClN3. The Morgan fingerprint density at radius 2 is 2.00 bits per heavy atom. The van der Waals surface area contributed by atoms with E-state index in [0.717, 1.165) is 39.6 Å². The molecule has 3 aromatic rings. The monoisotopic (exact) mass is 299 g/mol. The lowest BCUT2D eigenvalue weighted by Gasteiger charge is -2.06. The van der Waals surface area contributed by atoms with Crippen molar-refractivity contribution in [2.45, 2.75) is 20.3 Å². The maximum Gasteiger partial charge on any atom is 0.137 e. The molecule has 0 unspecified atom stereocenters. The number of pyridine rings is 1. The van der Waals surface area contributed by atoms with Gasteiger partial charge in [-0.2, -0.15) is 0 Å². The summed E-state index contributed by atoms with van der Waals surface area (Å²) in [5.74, 6) is 0. The number of nitrogens with two attached hydrogens (primary N) is 1. The van der Waals surface area contributed by atoms with Gasteiger partial charge in [-0.25, -0.2) is 4.98 Å². The number of benzene rings is 1. The fraction of sp³-hybridized carbons (Fsp3) is 0.235. The highest BCUT2D eigenvalue weighted by Gasteiger charge is 2.14. The van der Waals surface area contributed by atoms with E-state index < -0.39 is 0 Å². The summed E-state index contributed by atoms with van der Waals surface area (Å²) in [5.41, 5.74) is 12.2. The Hall–Kier alpha value is -1.84. The highest BCUT2D eigenvalue weighted by atomic mass is 35.5. The van der Waals surface area contributed by atoms with Crippen LogP contribution >= 0.6 is 11.6 Å². The minimum absolute atomic E-state index is 0.599. The normalized spacial score (nSPS) is 11.2. The van der Waals surface area contributed by atoms with Crippen LogP contribution in [-0.4, -0.2) is 15.9 Å². The molecule has 3 rings (SSSR count). The molecule has 1 aromatic carbocycles. The molecule has 0 aliphatic heterocycles. The van der Waals surface area contributed by atoms with Crippen LogP contribution in [0.4, 0.5) is 0 Å². The van der Waals surface area contributed by atoms with Crippen LogP contribution in [0.1, 0.15) is 16.8 Å². The number of aromatic nitrogens is 2. The van der Waals surface area contributed by atoms with Gasteiger partial charge in [0.05, 0.1) is 11.4 Å². The van der Waals surface area contributed by atoms with Gasteiger partial charge in [0.2, 0.25) is 0 Å². The largest absolute Gasteiger partial charge is 0.330 e. The number of hydrogen-bond acceptors (Lipinski definition) is 2. The van der Waals surface area contributed by atoms with E-state index >= 15 is 0 Å². The lowest BCUT2D eigenvalue weighted by molar-refractivity contribution is 0.904. The lowest BCUT2D eigenvalue weighted by Crippen LogP contribution is -2.06. The van der Waals surface area contributed by atoms with Crippen LogP contribution in [0.25, 0.3) is 16.9 Å². The molecule has 2 N–H and O–H groups in total. The van der Waals surface area contributed by atoms with E-state index in [9.17, 15) is 0 Å². The van der Waals surface area contributed by atoms with Crippen LogP contribution in [0.3, 0.4) is 0 Å². The molecule has 0 atom stereocenters. The number of imidazole rings is 1. The summed E-state index contributed by atoms with van der Waals surface area (Å²) in [7, 11) is 0. The number of halogens is 1. The highest BCUT2D eigenvalue weighted by Crippen LogP contribution is 2.28. The molecule has 4 heteroatoms. The van der Waals surface area contributed by atoms with Crippen LogP contribution in [0.2, 0.25) is 5.02 Å². The van der Waals surface area contributed by atoms with Crippen LogP contribution in [0.15, 0.2) is 36.5 Å². The Morgan fingerprint density at radius 3 is 2.71 bits per heavy atom. The lowest BCUT2D eigenvalue weighted by atomic mass is 10.1. The van der Waals surface area contributed by atoms with Crippen LogP contribution in [0, 0.1) is 13.8 Å². The molecule has 21 heavy (non-hydrogen) atoms. The van der Waals surface area contributed by atoms with Gasteiger partial charge < -0.3 is 10.1 Å². The van der Waals surface area contributed by atoms with Crippen LogP contribution in [0.5, 0.6) is 0 Å². The van der Waals surface area contributed by atoms with Gasteiger partial charge in [0.15, 0.2) is 0 Å². The third-order valence-corrected chi connectivity index (χ3v) is 4.10. The first kappa shape index (κ1) is 14.1. The second-order valence-corrected chi connectivity index (χ2v) is 5.75. The van der Waals surface area contributed by atoms with Crippen molar-refractivity contribution in [2.75, 3.05) is 6.54 Å². The standard InChI is InChI=1S/C17H18ClN3/c1-11-3-6-16-20-17(15(7-8-19)21(16)10-11)13-4-5-14(18)12(2)9-13/h3-6,9-10H,7-8,19H2,1-2H3. The zero-order chi connectivity index (χ0) is 15.0. The van der Waals surface area contributed by atoms with Gasteiger partial charge in [0.1, 0.15) is 5.65 Å². The molecule has 3 nitrogen and oxygen atoms in total. The van der Waals surface area contributed by atoms with Crippen molar-refractivity contribution < 1.29 is 0 Å². The molecule has 2 aromatic heterocycles. The van der Waals surface area contributed by atoms with Crippen molar-refractivity contribution in [3.63, 3.8) is 0 Å². The molecule has 0 amide bonds. The molecular weight excluding hydrogens is 282 g/mol. The van der Waals surface area contributed by atoms with Crippen molar-refractivity contribution in [1.82, 2.24) is 9.38 Å². The average molecular weight is 300 g/mol. The van der Waals surface area contributed by atoms with Crippen molar-refractivity contribution in [2.24, 2.45) is 5.73 Å². The first-order valence-corrected chi connectivity index (χ1v) is 7.42. The van der Waals surface area contributed by atoms with Crippen molar-refractivity contribution in [3.8, 4) is 11.3 Å². The summed E-state index contributed by atoms with van der Waals surface area (Å²) in [6.45, 7) is 4.69. The topological polar surface area (TPSA) is 43.3 Å². The summed E-state index contributed by atoms with van der Waals surface area (Å²) in [4.78, 5) is 4.78. The zero-order valence-corrected chi connectivity index (χ0v) is 13.0. The van der Waals surface area contributed by atoms with Gasteiger partial charge in [-0.15, -0.1) is 0 Å². The SMILES string of the molecule is Cc1ccc2nc(-c3ccc(Cl)c(C)c3)c(CCN)n2c1. The average Bonchev–Trinajstić information content (AvgIpc) is 2.81. The number of aryl methyl sites for hydroxylation is 2. The maximum absolute atomic E-state index is 6.12. The van der Waals surface area contributed by atoms with Gasteiger partial charge in [0, 0.05) is 23.2 Å². The molecule has 0 saturated carbocycles. The molecule has 0 saturated heterocycles. The Balaban J connectivity index is 2.25. The fourth-order valence-electron chi connectivity index (χ4n) is 2.60. The molecule has 108 valence electrons. The number of fused-ring (bicyclic) bond motifs is 1. The smallest absolute Gasteiger partial charge is 0.137 e. The fourth-order valence-corrected chi connectivity index (χ4v) is 2.72. The van der Waals surface area contributed by atoms with Crippen molar-refractivity contribution in [1.29, 1.82) is 0 Å². The minimum Gasteiger partial charge on any atom is -0.330 e. The van der Waals surface area contributed by atoms with E-state index in [1.807, 2.05) is 25.1 Å². The van der Waals surface area contributed by atoms with Crippen molar-refractivity contribution in [3.05, 3.63) is 58.4 Å². The summed E-state index contributed by atoms with van der Waals surface area (Å²) in [6.07, 6.45) is 2.90. The Bertz CT molecular complexity index is 805. The van der Waals surface area contributed by atoms with Gasteiger partial charge in [0.25, 0.3) is 0 Å². The van der Waals surface area contributed by atoms with Gasteiger partial charge >= 0.3 is 0 Å². The molecule has 0 aliphatic carbocycles. The van der Waals surface area contributed by atoms with Gasteiger partial charge in [-0.05, 0) is 49.7 Å². The Kier molecular flexibility index (Phi) is 3.70. The molecule has 2 heterocycles. The third-order valence-electron chi connectivity index (χ3n) is 3.68. The van der Waals surface area contributed by atoms with Crippen molar-refractivity contribution >= 4 is 17.2 Å². The second kappa shape index (κ2) is 5.51. The van der Waals surface area contributed by atoms with E-state index in [1.54, 1.807) is 0 Å². The molecule has 0 bridgehead atoms. The van der Waals surface area contributed by atoms with E-state index in [-0.39, 0.29) is 0 Å². The quantitative estimate of drug-likeness (QED) is 0.800.